The topological polar surface area (TPSA) is 46.1 Å². The molecule has 1 aliphatic heterocycles. The molecule has 2 unspecified atom stereocenters. The number of hydrogen-bond donors (Lipinski definition) is 0. The molecule has 1 aromatic rings. The van der Waals surface area contributed by atoms with Crippen LogP contribution < -0.4 is 0 Å². The smallest absolute Gasteiger partial charge is 0.274 e. The van der Waals surface area contributed by atoms with Crippen molar-refractivity contribution in [3.05, 3.63) is 23.0 Å². The van der Waals surface area contributed by atoms with E-state index in [0.29, 0.717) is 22.7 Å². The number of likely N-dealkylation sites (tertiary alicyclic amines) is 1. The predicted octanol–water partition coefficient (Wildman–Crippen LogP) is 1.86. The summed E-state index contributed by atoms with van der Waals surface area (Å²) in [6.07, 6.45) is 0. The van der Waals surface area contributed by atoms with E-state index in [1.165, 1.54) is 0 Å². The minimum Gasteiger partial charge on any atom is -0.337 e. The maximum Gasteiger partial charge on any atom is 0.274 e. The van der Waals surface area contributed by atoms with Gasteiger partial charge in [0.15, 0.2) is 10.8 Å². The second kappa shape index (κ2) is 4.37. The number of halogens is 1. The Morgan fingerprint density at radius 2 is 1.94 bits per heavy atom. The highest BCUT2D eigenvalue weighted by Gasteiger charge is 2.30. The lowest BCUT2D eigenvalue weighted by Gasteiger charge is -2.14. The SMILES string of the molecule is CC1CN(C(=O)c2ccc(Cl)nn2)CC1C. The summed E-state index contributed by atoms with van der Waals surface area (Å²) in [5.41, 5.74) is 0.366. The van der Waals surface area contributed by atoms with Gasteiger partial charge in [0, 0.05) is 13.1 Å². The summed E-state index contributed by atoms with van der Waals surface area (Å²) in [4.78, 5) is 13.9. The molecule has 0 aliphatic carbocycles. The van der Waals surface area contributed by atoms with E-state index in [4.69, 9.17) is 11.6 Å². The summed E-state index contributed by atoms with van der Waals surface area (Å²) >= 11 is 5.62. The van der Waals surface area contributed by atoms with Gasteiger partial charge in [-0.3, -0.25) is 4.79 Å². The van der Waals surface area contributed by atoms with Crippen LogP contribution in [-0.2, 0) is 0 Å². The fourth-order valence-electron chi connectivity index (χ4n) is 1.89. The average molecular weight is 240 g/mol. The normalized spacial score (nSPS) is 24.8. The molecule has 1 saturated heterocycles. The molecule has 0 spiro atoms. The van der Waals surface area contributed by atoms with Crippen LogP contribution >= 0.6 is 11.6 Å². The lowest BCUT2D eigenvalue weighted by Crippen LogP contribution is -2.29. The number of aromatic nitrogens is 2. The number of hydrogen-bond acceptors (Lipinski definition) is 3. The molecule has 5 heteroatoms. The highest BCUT2D eigenvalue weighted by molar-refractivity contribution is 6.29. The highest BCUT2D eigenvalue weighted by atomic mass is 35.5. The van der Waals surface area contributed by atoms with Crippen molar-refractivity contribution < 1.29 is 4.79 Å². The van der Waals surface area contributed by atoms with E-state index in [0.717, 1.165) is 13.1 Å². The molecule has 1 amide bonds. The Morgan fingerprint density at radius 1 is 1.31 bits per heavy atom. The molecule has 1 aromatic heterocycles. The third-order valence-electron chi connectivity index (χ3n) is 3.13. The zero-order valence-corrected chi connectivity index (χ0v) is 10.1. The van der Waals surface area contributed by atoms with Crippen molar-refractivity contribution in [1.29, 1.82) is 0 Å². The summed E-state index contributed by atoms with van der Waals surface area (Å²) < 4.78 is 0. The van der Waals surface area contributed by atoms with Crippen molar-refractivity contribution in [3.63, 3.8) is 0 Å². The minimum absolute atomic E-state index is 0.0552. The molecular weight excluding hydrogens is 226 g/mol. The largest absolute Gasteiger partial charge is 0.337 e. The molecule has 2 rings (SSSR count). The van der Waals surface area contributed by atoms with Crippen LogP contribution in [0.15, 0.2) is 12.1 Å². The summed E-state index contributed by atoms with van der Waals surface area (Å²) in [6, 6.07) is 3.20. The maximum atomic E-state index is 12.0. The van der Waals surface area contributed by atoms with E-state index in [-0.39, 0.29) is 5.91 Å². The van der Waals surface area contributed by atoms with Crippen molar-refractivity contribution in [2.45, 2.75) is 13.8 Å². The lowest BCUT2D eigenvalue weighted by molar-refractivity contribution is 0.0778. The second-order valence-corrected chi connectivity index (χ2v) is 4.79. The van der Waals surface area contributed by atoms with Gasteiger partial charge in [0.1, 0.15) is 0 Å². The van der Waals surface area contributed by atoms with Crippen molar-refractivity contribution in [1.82, 2.24) is 15.1 Å². The first-order valence-corrected chi connectivity index (χ1v) is 5.74. The van der Waals surface area contributed by atoms with Crippen LogP contribution in [0.2, 0.25) is 5.15 Å². The van der Waals surface area contributed by atoms with Crippen LogP contribution in [0.3, 0.4) is 0 Å². The summed E-state index contributed by atoms with van der Waals surface area (Å²) in [5.74, 6) is 1.04. The van der Waals surface area contributed by atoms with E-state index in [9.17, 15) is 4.79 Å². The Balaban J connectivity index is 2.11. The van der Waals surface area contributed by atoms with Crippen molar-refractivity contribution >= 4 is 17.5 Å². The minimum atomic E-state index is -0.0552. The standard InChI is InChI=1S/C11H14ClN3O/c1-7-5-15(6-8(7)2)11(16)9-3-4-10(12)14-13-9/h3-4,7-8H,5-6H2,1-2H3. The first-order chi connectivity index (χ1) is 7.58. The average Bonchev–Trinajstić information content (AvgIpc) is 2.59. The van der Waals surface area contributed by atoms with Crippen molar-refractivity contribution in [3.8, 4) is 0 Å². The van der Waals surface area contributed by atoms with Gasteiger partial charge in [-0.1, -0.05) is 25.4 Å². The van der Waals surface area contributed by atoms with Crippen LogP contribution in [0, 0.1) is 11.8 Å². The van der Waals surface area contributed by atoms with Gasteiger partial charge in [0.05, 0.1) is 0 Å². The Bertz CT molecular complexity index is 383. The molecule has 0 N–H and O–H groups in total. The molecule has 16 heavy (non-hydrogen) atoms. The number of rotatable bonds is 1. The zero-order chi connectivity index (χ0) is 11.7. The number of amides is 1. The van der Waals surface area contributed by atoms with Gasteiger partial charge in [-0.2, -0.15) is 0 Å². The van der Waals surface area contributed by atoms with Crippen LogP contribution in [0.1, 0.15) is 24.3 Å². The first-order valence-electron chi connectivity index (χ1n) is 5.36. The Kier molecular flexibility index (Phi) is 3.10. The number of carbonyl (C=O) groups excluding carboxylic acids is 1. The number of nitrogens with zero attached hydrogens (tertiary/aromatic N) is 3. The lowest BCUT2D eigenvalue weighted by atomic mass is 10.0. The molecule has 0 saturated carbocycles. The van der Waals surface area contributed by atoms with Gasteiger partial charge in [0.25, 0.3) is 5.91 Å². The monoisotopic (exact) mass is 239 g/mol. The summed E-state index contributed by atoms with van der Waals surface area (Å²) in [6.45, 7) is 5.91. The first kappa shape index (κ1) is 11.3. The molecule has 0 aromatic carbocycles. The molecule has 0 radical (unpaired) electrons. The highest BCUT2D eigenvalue weighted by Crippen LogP contribution is 2.23. The molecule has 0 bridgehead atoms. The van der Waals surface area contributed by atoms with E-state index >= 15 is 0 Å². The Hall–Kier alpha value is -1.16. The van der Waals surface area contributed by atoms with Crippen molar-refractivity contribution in [2.75, 3.05) is 13.1 Å². The van der Waals surface area contributed by atoms with Gasteiger partial charge >= 0.3 is 0 Å². The van der Waals surface area contributed by atoms with Gasteiger partial charge in [-0.25, -0.2) is 0 Å². The quantitative estimate of drug-likeness (QED) is 0.752. The molecule has 2 atom stereocenters. The van der Waals surface area contributed by atoms with E-state index < -0.39 is 0 Å². The predicted molar refractivity (Wildman–Crippen MR) is 61.3 cm³/mol. The van der Waals surface area contributed by atoms with E-state index in [1.54, 1.807) is 12.1 Å². The molecule has 86 valence electrons. The zero-order valence-electron chi connectivity index (χ0n) is 9.35. The third kappa shape index (κ3) is 2.16. The van der Waals surface area contributed by atoms with Crippen LogP contribution in [0.25, 0.3) is 0 Å². The second-order valence-electron chi connectivity index (χ2n) is 4.41. The maximum absolute atomic E-state index is 12.0. The molecule has 2 heterocycles. The van der Waals surface area contributed by atoms with E-state index in [1.807, 2.05) is 4.90 Å². The molecule has 1 aliphatic rings. The van der Waals surface area contributed by atoms with E-state index in [2.05, 4.69) is 24.0 Å². The van der Waals surface area contributed by atoms with Crippen LogP contribution in [0.5, 0.6) is 0 Å². The van der Waals surface area contributed by atoms with Crippen LogP contribution in [-0.4, -0.2) is 34.1 Å². The van der Waals surface area contributed by atoms with Crippen LogP contribution in [0.4, 0.5) is 0 Å². The Morgan fingerprint density at radius 3 is 2.44 bits per heavy atom. The van der Waals surface area contributed by atoms with Crippen molar-refractivity contribution in [2.24, 2.45) is 11.8 Å². The summed E-state index contributed by atoms with van der Waals surface area (Å²) in [7, 11) is 0. The molecule has 4 nitrogen and oxygen atoms in total. The fraction of sp³-hybridized carbons (Fsp3) is 0.545. The third-order valence-corrected chi connectivity index (χ3v) is 3.33. The van der Waals surface area contributed by atoms with Gasteiger partial charge in [0.2, 0.25) is 0 Å². The summed E-state index contributed by atoms with van der Waals surface area (Å²) in [5, 5.41) is 7.78. The molecular formula is C11H14ClN3O. The number of carbonyl (C=O) groups is 1. The van der Waals surface area contributed by atoms with Gasteiger partial charge in [-0.15, -0.1) is 10.2 Å². The van der Waals surface area contributed by atoms with Gasteiger partial charge in [-0.05, 0) is 24.0 Å². The fourth-order valence-corrected chi connectivity index (χ4v) is 1.99. The molecule has 1 fully saturated rings. The van der Waals surface area contributed by atoms with Gasteiger partial charge < -0.3 is 4.90 Å². The Labute approximate surface area is 99.6 Å².